The van der Waals surface area contributed by atoms with Crippen molar-refractivity contribution in [1.29, 1.82) is 0 Å². The second kappa shape index (κ2) is 5.80. The quantitative estimate of drug-likeness (QED) is 0.818. The molecule has 0 aromatic carbocycles. The zero-order chi connectivity index (χ0) is 14.9. The summed E-state index contributed by atoms with van der Waals surface area (Å²) in [5.74, 6) is 0. The van der Waals surface area contributed by atoms with Crippen LogP contribution >= 0.6 is 0 Å². The first-order valence-corrected chi connectivity index (χ1v) is 8.13. The van der Waals surface area contributed by atoms with Gasteiger partial charge in [0.05, 0.1) is 30.6 Å². The van der Waals surface area contributed by atoms with E-state index in [-0.39, 0.29) is 6.04 Å². The van der Waals surface area contributed by atoms with E-state index in [9.17, 15) is 8.42 Å². The summed E-state index contributed by atoms with van der Waals surface area (Å²) < 4.78 is 33.9. The van der Waals surface area contributed by atoms with Crippen molar-refractivity contribution in [1.82, 2.24) is 14.1 Å². The van der Waals surface area contributed by atoms with Crippen LogP contribution in [0.15, 0.2) is 4.90 Å². The van der Waals surface area contributed by atoms with Crippen LogP contribution in [-0.4, -0.2) is 55.4 Å². The molecule has 1 aliphatic rings. The Balaban J connectivity index is 2.38. The van der Waals surface area contributed by atoms with Crippen LogP contribution in [0.4, 0.5) is 0 Å². The van der Waals surface area contributed by atoms with E-state index in [1.807, 2.05) is 0 Å². The van der Waals surface area contributed by atoms with E-state index in [2.05, 4.69) is 5.10 Å². The van der Waals surface area contributed by atoms with Crippen molar-refractivity contribution in [3.63, 3.8) is 0 Å². The number of aromatic nitrogens is 2. The Hall–Kier alpha value is -0.960. The third kappa shape index (κ3) is 2.60. The summed E-state index contributed by atoms with van der Waals surface area (Å²) >= 11 is 0. The maximum Gasteiger partial charge on any atom is 0.246 e. The predicted molar refractivity (Wildman–Crippen MR) is 74.9 cm³/mol. The van der Waals surface area contributed by atoms with Crippen LogP contribution in [-0.2, 0) is 21.3 Å². The number of aryl methyl sites for hydroxylation is 1. The van der Waals surface area contributed by atoms with Crippen LogP contribution in [0.25, 0.3) is 0 Å². The highest BCUT2D eigenvalue weighted by Crippen LogP contribution is 2.26. The van der Waals surface area contributed by atoms with Gasteiger partial charge >= 0.3 is 0 Å². The zero-order valence-electron chi connectivity index (χ0n) is 12.2. The average Bonchev–Trinajstić information content (AvgIpc) is 2.98. The molecule has 0 aliphatic carbocycles. The highest BCUT2D eigenvalue weighted by molar-refractivity contribution is 7.89. The number of nitrogens with zero attached hydrogens (tertiary/aromatic N) is 3. The summed E-state index contributed by atoms with van der Waals surface area (Å²) in [5, 5.41) is 4.27. The smallest absolute Gasteiger partial charge is 0.246 e. The molecule has 1 saturated heterocycles. The highest BCUT2D eigenvalue weighted by atomic mass is 32.2. The number of likely N-dealkylation sites (N-methyl/N-ethyl adjacent to an activating group) is 1. The van der Waals surface area contributed by atoms with Crippen LogP contribution in [0, 0.1) is 13.8 Å². The second-order valence-corrected chi connectivity index (χ2v) is 6.98. The molecule has 1 aromatic heterocycles. The van der Waals surface area contributed by atoms with Gasteiger partial charge in [0.25, 0.3) is 0 Å². The lowest BCUT2D eigenvalue weighted by molar-refractivity contribution is 0.181. The maximum absolute atomic E-state index is 12.8. The van der Waals surface area contributed by atoms with Gasteiger partial charge in [0, 0.05) is 20.2 Å². The number of hydrogen-bond donors (Lipinski definition) is 1. The molecule has 8 heteroatoms. The van der Waals surface area contributed by atoms with E-state index in [0.717, 1.165) is 6.42 Å². The molecule has 1 aromatic rings. The van der Waals surface area contributed by atoms with Gasteiger partial charge in [-0.3, -0.25) is 4.68 Å². The first-order chi connectivity index (χ1) is 9.39. The average molecular weight is 302 g/mol. The third-order valence-corrected chi connectivity index (χ3v) is 5.88. The maximum atomic E-state index is 12.8. The molecule has 2 N–H and O–H groups in total. The van der Waals surface area contributed by atoms with Gasteiger partial charge in [-0.05, 0) is 20.3 Å². The van der Waals surface area contributed by atoms with Gasteiger partial charge in [-0.2, -0.15) is 9.40 Å². The summed E-state index contributed by atoms with van der Waals surface area (Å²) in [4.78, 5) is 0.292. The lowest BCUT2D eigenvalue weighted by Gasteiger charge is -2.22. The Morgan fingerprint density at radius 2 is 2.20 bits per heavy atom. The minimum Gasteiger partial charge on any atom is -0.380 e. The van der Waals surface area contributed by atoms with Gasteiger partial charge in [0.2, 0.25) is 10.0 Å². The van der Waals surface area contributed by atoms with Gasteiger partial charge in [0.1, 0.15) is 4.90 Å². The standard InChI is InChI=1S/C12H22N4O3S/c1-9-12(10(2)16(14-9)6-5-13)20(17,18)15(3)11-4-7-19-8-11/h11H,4-8,13H2,1-3H3. The molecule has 2 rings (SSSR count). The van der Waals surface area contributed by atoms with Gasteiger partial charge in [-0.1, -0.05) is 0 Å². The van der Waals surface area contributed by atoms with Gasteiger partial charge in [-0.25, -0.2) is 8.42 Å². The number of ether oxygens (including phenoxy) is 1. The molecular formula is C12H22N4O3S. The first-order valence-electron chi connectivity index (χ1n) is 6.69. The summed E-state index contributed by atoms with van der Waals surface area (Å²) in [6.07, 6.45) is 0.727. The van der Waals surface area contributed by atoms with Crippen LogP contribution in [0.5, 0.6) is 0 Å². The number of hydrogen-bond acceptors (Lipinski definition) is 5. The lowest BCUT2D eigenvalue weighted by atomic mass is 10.3. The monoisotopic (exact) mass is 302 g/mol. The number of sulfonamides is 1. The van der Waals surface area contributed by atoms with Crippen molar-refractivity contribution < 1.29 is 13.2 Å². The fourth-order valence-corrected chi connectivity index (χ4v) is 4.28. The van der Waals surface area contributed by atoms with Gasteiger partial charge in [-0.15, -0.1) is 0 Å². The molecule has 20 heavy (non-hydrogen) atoms. The molecule has 7 nitrogen and oxygen atoms in total. The predicted octanol–water partition coefficient (Wildman–Crippen LogP) is -0.132. The number of nitrogens with two attached hydrogens (primary N) is 1. The second-order valence-electron chi connectivity index (χ2n) is 5.05. The minimum atomic E-state index is -3.55. The van der Waals surface area contributed by atoms with Crippen molar-refractivity contribution >= 4 is 10.0 Å². The van der Waals surface area contributed by atoms with Crippen molar-refractivity contribution in [2.24, 2.45) is 5.73 Å². The number of rotatable bonds is 5. The lowest BCUT2D eigenvalue weighted by Crippen LogP contribution is -2.37. The molecular weight excluding hydrogens is 280 g/mol. The highest BCUT2D eigenvalue weighted by Gasteiger charge is 2.34. The van der Waals surface area contributed by atoms with Crippen molar-refractivity contribution in [2.75, 3.05) is 26.8 Å². The Morgan fingerprint density at radius 1 is 1.50 bits per heavy atom. The van der Waals surface area contributed by atoms with E-state index in [1.165, 1.54) is 4.31 Å². The van der Waals surface area contributed by atoms with Crippen LogP contribution < -0.4 is 5.73 Å². The molecule has 0 saturated carbocycles. The summed E-state index contributed by atoms with van der Waals surface area (Å²) in [6.45, 7) is 5.47. The van der Waals surface area contributed by atoms with Crippen molar-refractivity contribution in [3.8, 4) is 0 Å². The Morgan fingerprint density at radius 3 is 2.75 bits per heavy atom. The minimum absolute atomic E-state index is 0.100. The van der Waals surface area contributed by atoms with Crippen molar-refractivity contribution in [2.45, 2.75) is 37.8 Å². The molecule has 0 radical (unpaired) electrons. The molecule has 0 spiro atoms. The third-order valence-electron chi connectivity index (χ3n) is 3.71. The van der Waals surface area contributed by atoms with Crippen LogP contribution in [0.1, 0.15) is 17.8 Å². The van der Waals surface area contributed by atoms with Gasteiger partial charge < -0.3 is 10.5 Å². The Labute approximate surface area is 119 Å². The molecule has 1 atom stereocenters. The summed E-state index contributed by atoms with van der Waals surface area (Å²) in [5.41, 5.74) is 6.67. The first kappa shape index (κ1) is 15.4. The van der Waals surface area contributed by atoms with E-state index < -0.39 is 10.0 Å². The van der Waals surface area contributed by atoms with E-state index in [1.54, 1.807) is 25.6 Å². The molecule has 1 fully saturated rings. The topological polar surface area (TPSA) is 90.5 Å². The van der Waals surface area contributed by atoms with E-state index >= 15 is 0 Å². The Bertz CT molecular complexity index is 576. The molecule has 0 amide bonds. The summed E-state index contributed by atoms with van der Waals surface area (Å²) in [6, 6.07) is -0.100. The molecule has 114 valence electrons. The van der Waals surface area contributed by atoms with Crippen LogP contribution in [0.2, 0.25) is 0 Å². The van der Waals surface area contributed by atoms with Crippen molar-refractivity contribution in [3.05, 3.63) is 11.4 Å². The molecule has 0 bridgehead atoms. The zero-order valence-corrected chi connectivity index (χ0v) is 13.0. The normalized spacial score (nSPS) is 19.9. The SMILES string of the molecule is Cc1nn(CCN)c(C)c1S(=O)(=O)N(C)C1CCOC1. The largest absolute Gasteiger partial charge is 0.380 e. The molecule has 2 heterocycles. The van der Waals surface area contributed by atoms with Crippen LogP contribution in [0.3, 0.4) is 0 Å². The molecule has 1 unspecified atom stereocenters. The molecule has 1 aliphatic heterocycles. The summed E-state index contributed by atoms with van der Waals surface area (Å²) in [7, 11) is -1.95. The van der Waals surface area contributed by atoms with E-state index in [4.69, 9.17) is 10.5 Å². The fraction of sp³-hybridized carbons (Fsp3) is 0.750. The van der Waals surface area contributed by atoms with Gasteiger partial charge in [0.15, 0.2) is 0 Å². The Kier molecular flexibility index (Phi) is 4.48. The fourth-order valence-electron chi connectivity index (χ4n) is 2.54. The van der Waals surface area contributed by atoms with E-state index in [0.29, 0.717) is 42.6 Å².